The number of aromatic carboxylic acids is 1. The largest absolute Gasteiger partial charge is 0.477 e. The van der Waals surface area contributed by atoms with E-state index in [1.807, 2.05) is 29.6 Å². The lowest BCUT2D eigenvalue weighted by Crippen LogP contribution is -1.98. The van der Waals surface area contributed by atoms with Crippen LogP contribution in [-0.4, -0.2) is 16.1 Å². The van der Waals surface area contributed by atoms with Crippen LogP contribution in [0, 0.1) is 0 Å². The number of nitrogens with one attached hydrogen (secondary N) is 1. The van der Waals surface area contributed by atoms with Gasteiger partial charge in [-0.05, 0) is 29.5 Å². The average molecular weight is 303 g/mol. The molecule has 0 aliphatic rings. The maximum absolute atomic E-state index is 11.4. The van der Waals surface area contributed by atoms with Gasteiger partial charge in [0, 0.05) is 4.90 Å². The van der Waals surface area contributed by atoms with Crippen LogP contribution in [0.4, 0.5) is 0 Å². The molecule has 20 heavy (non-hydrogen) atoms. The first-order chi connectivity index (χ1) is 9.70. The Morgan fingerprint density at radius 3 is 2.90 bits per heavy atom. The Morgan fingerprint density at radius 2 is 2.15 bits per heavy atom. The lowest BCUT2D eigenvalue weighted by atomic mass is 10.2. The van der Waals surface area contributed by atoms with Gasteiger partial charge in [-0.2, -0.15) is 0 Å². The van der Waals surface area contributed by atoms with Crippen LogP contribution in [-0.2, 0) is 6.42 Å². The van der Waals surface area contributed by atoms with Gasteiger partial charge in [-0.3, -0.25) is 0 Å². The molecule has 1 aromatic carbocycles. The summed E-state index contributed by atoms with van der Waals surface area (Å²) < 4.78 is 1.01. The Morgan fingerprint density at radius 1 is 1.35 bits per heavy atom. The summed E-state index contributed by atoms with van der Waals surface area (Å²) in [7, 11) is 0. The molecule has 3 nitrogen and oxygen atoms in total. The van der Waals surface area contributed by atoms with Gasteiger partial charge < -0.3 is 10.1 Å². The van der Waals surface area contributed by atoms with E-state index in [4.69, 9.17) is 0 Å². The van der Waals surface area contributed by atoms with Crippen LogP contribution in [0.15, 0.2) is 45.5 Å². The van der Waals surface area contributed by atoms with E-state index in [1.54, 1.807) is 11.3 Å². The molecule has 0 aliphatic carbocycles. The monoisotopic (exact) mass is 303 g/mol. The normalized spacial score (nSPS) is 11.1. The third kappa shape index (κ3) is 2.23. The molecule has 3 rings (SSSR count). The molecule has 102 valence electrons. The number of H-pyrrole nitrogens is 1. The van der Waals surface area contributed by atoms with Crippen molar-refractivity contribution in [2.75, 3.05) is 0 Å². The molecule has 2 aromatic heterocycles. The van der Waals surface area contributed by atoms with E-state index in [9.17, 15) is 9.90 Å². The summed E-state index contributed by atoms with van der Waals surface area (Å²) in [5, 5.41) is 11.3. The SMILES string of the molecule is CCc1ccccc1Sc1c(C(=O)O)[nH]c2ccsc12. The van der Waals surface area contributed by atoms with Crippen molar-refractivity contribution in [3.8, 4) is 0 Å². The predicted octanol–water partition coefficient (Wildman–Crippen LogP) is 4.64. The second-order valence-electron chi connectivity index (χ2n) is 4.36. The fourth-order valence-electron chi connectivity index (χ4n) is 2.14. The minimum absolute atomic E-state index is 0.280. The fraction of sp³-hybridized carbons (Fsp3) is 0.133. The van der Waals surface area contributed by atoms with Crippen molar-refractivity contribution < 1.29 is 9.90 Å². The lowest BCUT2D eigenvalue weighted by Gasteiger charge is -2.06. The number of aromatic nitrogens is 1. The van der Waals surface area contributed by atoms with Crippen LogP contribution in [0.1, 0.15) is 23.0 Å². The number of aryl methyl sites for hydroxylation is 1. The highest BCUT2D eigenvalue weighted by Gasteiger charge is 2.19. The van der Waals surface area contributed by atoms with Crippen LogP contribution in [0.2, 0.25) is 0 Å². The van der Waals surface area contributed by atoms with E-state index in [0.717, 1.165) is 26.4 Å². The Bertz CT molecular complexity index is 773. The number of carbonyl (C=O) groups is 1. The van der Waals surface area contributed by atoms with Gasteiger partial charge >= 0.3 is 5.97 Å². The molecule has 0 aliphatic heterocycles. The van der Waals surface area contributed by atoms with Crippen molar-refractivity contribution >= 4 is 39.3 Å². The van der Waals surface area contributed by atoms with Crippen molar-refractivity contribution in [3.63, 3.8) is 0 Å². The molecule has 5 heteroatoms. The summed E-state index contributed by atoms with van der Waals surface area (Å²) >= 11 is 3.10. The van der Waals surface area contributed by atoms with E-state index >= 15 is 0 Å². The summed E-state index contributed by atoms with van der Waals surface area (Å²) in [5.41, 5.74) is 2.41. The number of hydrogen-bond acceptors (Lipinski definition) is 3. The smallest absolute Gasteiger partial charge is 0.353 e. The first-order valence-corrected chi connectivity index (χ1v) is 7.98. The van der Waals surface area contributed by atoms with Crippen molar-refractivity contribution in [1.82, 2.24) is 4.98 Å². The minimum Gasteiger partial charge on any atom is -0.477 e. The third-order valence-electron chi connectivity index (χ3n) is 3.14. The Balaban J connectivity index is 2.11. The van der Waals surface area contributed by atoms with Gasteiger partial charge in [0.1, 0.15) is 5.69 Å². The van der Waals surface area contributed by atoms with Gasteiger partial charge in [-0.15, -0.1) is 11.3 Å². The molecule has 0 unspecified atom stereocenters. The lowest BCUT2D eigenvalue weighted by molar-refractivity contribution is 0.0688. The van der Waals surface area contributed by atoms with E-state index in [-0.39, 0.29) is 5.69 Å². The molecular weight excluding hydrogens is 290 g/mol. The number of hydrogen-bond donors (Lipinski definition) is 2. The summed E-state index contributed by atoms with van der Waals surface area (Å²) in [5.74, 6) is -0.912. The topological polar surface area (TPSA) is 53.1 Å². The highest BCUT2D eigenvalue weighted by Crippen LogP contribution is 2.40. The van der Waals surface area contributed by atoms with Crippen molar-refractivity contribution in [1.29, 1.82) is 0 Å². The van der Waals surface area contributed by atoms with Gasteiger partial charge in [0.15, 0.2) is 0 Å². The first-order valence-electron chi connectivity index (χ1n) is 6.29. The molecule has 2 N–H and O–H groups in total. The molecular formula is C15H13NO2S2. The Labute approximate surface area is 124 Å². The van der Waals surface area contributed by atoms with Gasteiger partial charge in [0.25, 0.3) is 0 Å². The summed E-state index contributed by atoms with van der Waals surface area (Å²) in [6.45, 7) is 2.11. The number of fused-ring (bicyclic) bond motifs is 1. The second-order valence-corrected chi connectivity index (χ2v) is 6.33. The van der Waals surface area contributed by atoms with Gasteiger partial charge in [0.2, 0.25) is 0 Å². The van der Waals surface area contributed by atoms with Crippen LogP contribution in [0.25, 0.3) is 10.2 Å². The number of thiophene rings is 1. The molecule has 2 heterocycles. The van der Waals surface area contributed by atoms with Crippen molar-refractivity contribution in [3.05, 3.63) is 47.0 Å². The third-order valence-corrected chi connectivity index (χ3v) is 5.43. The molecule has 0 amide bonds. The van der Waals surface area contributed by atoms with Crippen molar-refractivity contribution in [2.24, 2.45) is 0 Å². The first kappa shape index (κ1) is 13.3. The maximum atomic E-state index is 11.4. The fourth-order valence-corrected chi connectivity index (χ4v) is 4.36. The summed E-state index contributed by atoms with van der Waals surface area (Å²) in [4.78, 5) is 16.3. The molecule has 0 radical (unpaired) electrons. The molecule has 0 saturated carbocycles. The van der Waals surface area contributed by atoms with Crippen LogP contribution >= 0.6 is 23.1 Å². The Hall–Kier alpha value is -1.72. The van der Waals surface area contributed by atoms with Crippen LogP contribution < -0.4 is 0 Å². The molecule has 0 saturated heterocycles. The standard InChI is InChI=1S/C15H13NO2S2/c1-2-9-5-3-4-6-11(9)20-14-12(15(17)18)16-10-7-8-19-13(10)14/h3-8,16H,2H2,1H3,(H,17,18). The summed E-state index contributed by atoms with van der Waals surface area (Å²) in [6.07, 6.45) is 0.934. The summed E-state index contributed by atoms with van der Waals surface area (Å²) in [6, 6.07) is 10.0. The molecule has 0 spiro atoms. The predicted molar refractivity (Wildman–Crippen MR) is 83.1 cm³/mol. The van der Waals surface area contributed by atoms with E-state index in [1.165, 1.54) is 17.3 Å². The second kappa shape index (κ2) is 5.34. The molecule has 3 aromatic rings. The van der Waals surface area contributed by atoms with E-state index in [0.29, 0.717) is 0 Å². The zero-order chi connectivity index (χ0) is 14.1. The molecule has 0 fully saturated rings. The van der Waals surface area contributed by atoms with Crippen LogP contribution in [0.3, 0.4) is 0 Å². The van der Waals surface area contributed by atoms with Crippen molar-refractivity contribution in [2.45, 2.75) is 23.1 Å². The molecule has 0 atom stereocenters. The van der Waals surface area contributed by atoms with E-state index in [2.05, 4.69) is 18.0 Å². The highest BCUT2D eigenvalue weighted by atomic mass is 32.2. The number of rotatable bonds is 4. The minimum atomic E-state index is -0.912. The van der Waals surface area contributed by atoms with Gasteiger partial charge in [-0.25, -0.2) is 4.79 Å². The van der Waals surface area contributed by atoms with Gasteiger partial charge in [0.05, 0.1) is 15.1 Å². The zero-order valence-corrected chi connectivity index (χ0v) is 12.5. The quantitative estimate of drug-likeness (QED) is 0.738. The maximum Gasteiger partial charge on any atom is 0.353 e. The number of carboxylic acids is 1. The molecule has 0 bridgehead atoms. The number of benzene rings is 1. The average Bonchev–Trinajstić information content (AvgIpc) is 3.02. The van der Waals surface area contributed by atoms with Crippen LogP contribution in [0.5, 0.6) is 0 Å². The zero-order valence-electron chi connectivity index (χ0n) is 10.8. The Kier molecular flexibility index (Phi) is 3.54. The van der Waals surface area contributed by atoms with E-state index < -0.39 is 5.97 Å². The highest BCUT2D eigenvalue weighted by molar-refractivity contribution is 7.99. The van der Waals surface area contributed by atoms with Gasteiger partial charge in [-0.1, -0.05) is 36.9 Å². The number of carboxylic acid groups (broad SMARTS) is 1. The number of aromatic amines is 1.